The quantitative estimate of drug-likeness (QED) is 0.688. The highest BCUT2D eigenvalue weighted by atomic mass is 16.5. The fourth-order valence-corrected chi connectivity index (χ4v) is 2.22. The molecule has 1 aliphatic heterocycles. The number of carbonyl (C=O) groups is 1. The van der Waals surface area contributed by atoms with E-state index in [2.05, 4.69) is 10.2 Å². The van der Waals surface area contributed by atoms with Gasteiger partial charge in [-0.15, -0.1) is 0 Å². The second-order valence-corrected chi connectivity index (χ2v) is 4.77. The van der Waals surface area contributed by atoms with Crippen molar-refractivity contribution in [2.75, 3.05) is 53.6 Å². The van der Waals surface area contributed by atoms with Crippen molar-refractivity contribution < 1.29 is 14.3 Å². The minimum absolute atomic E-state index is 0.163. The van der Waals surface area contributed by atoms with Gasteiger partial charge in [-0.25, -0.2) is 0 Å². The third-order valence-electron chi connectivity index (χ3n) is 3.44. The second kappa shape index (κ2) is 13.3. The summed E-state index contributed by atoms with van der Waals surface area (Å²) in [5.41, 5.74) is 0. The first-order chi connectivity index (χ1) is 9.76. The normalized spacial score (nSPS) is 16.4. The van der Waals surface area contributed by atoms with Gasteiger partial charge in [0, 0.05) is 27.1 Å². The van der Waals surface area contributed by atoms with E-state index in [1.165, 1.54) is 0 Å². The Labute approximate surface area is 124 Å². The molecule has 0 unspecified atom stereocenters. The van der Waals surface area contributed by atoms with E-state index in [0.717, 1.165) is 39.1 Å². The third kappa shape index (κ3) is 9.28. The van der Waals surface area contributed by atoms with E-state index in [-0.39, 0.29) is 5.91 Å². The van der Waals surface area contributed by atoms with Gasteiger partial charge in [0.1, 0.15) is 0 Å². The van der Waals surface area contributed by atoms with Crippen molar-refractivity contribution >= 4 is 5.91 Å². The number of hydrogen-bond donors (Lipinski definition) is 1. The molecule has 1 amide bonds. The molecule has 0 radical (unpaired) electrons. The monoisotopic (exact) mass is 288 g/mol. The van der Waals surface area contributed by atoms with E-state index in [4.69, 9.17) is 9.47 Å². The Kier molecular flexibility index (Phi) is 12.9. The van der Waals surface area contributed by atoms with Crippen LogP contribution in [-0.2, 0) is 14.3 Å². The lowest BCUT2D eigenvalue weighted by Crippen LogP contribution is -2.37. The van der Waals surface area contributed by atoms with Crippen molar-refractivity contribution in [2.45, 2.75) is 33.1 Å². The highest BCUT2D eigenvalue weighted by molar-refractivity contribution is 5.75. The summed E-state index contributed by atoms with van der Waals surface area (Å²) < 4.78 is 10.4. The molecule has 1 aliphatic rings. The van der Waals surface area contributed by atoms with E-state index >= 15 is 0 Å². The molecule has 5 nitrogen and oxygen atoms in total. The molecule has 1 N–H and O–H groups in total. The predicted octanol–water partition coefficient (Wildman–Crippen LogP) is 1.52. The van der Waals surface area contributed by atoms with E-state index < -0.39 is 0 Å². The molecule has 1 saturated heterocycles. The van der Waals surface area contributed by atoms with Crippen molar-refractivity contribution in [3.8, 4) is 0 Å². The maximum atomic E-state index is 11.3. The molecule has 0 aromatic rings. The summed E-state index contributed by atoms with van der Waals surface area (Å²) >= 11 is 0. The lowest BCUT2D eigenvalue weighted by atomic mass is 9.93. The van der Waals surface area contributed by atoms with Crippen LogP contribution in [-0.4, -0.2) is 64.4 Å². The van der Waals surface area contributed by atoms with Crippen molar-refractivity contribution in [3.05, 3.63) is 0 Å². The zero-order valence-electron chi connectivity index (χ0n) is 13.6. The molecule has 0 atom stereocenters. The molecule has 0 bridgehead atoms. The van der Waals surface area contributed by atoms with Gasteiger partial charge in [0.25, 0.3) is 0 Å². The molecule has 0 aromatic carbocycles. The molecule has 0 aliphatic carbocycles. The SMILES string of the molecule is CC.CNC(=O)CC1CCN(CCOCCOC)CC1. The number of rotatable bonds is 8. The van der Waals surface area contributed by atoms with Crippen LogP contribution in [0.5, 0.6) is 0 Å². The minimum Gasteiger partial charge on any atom is -0.382 e. The summed E-state index contributed by atoms with van der Waals surface area (Å²) in [7, 11) is 3.38. The smallest absolute Gasteiger partial charge is 0.220 e. The third-order valence-corrected chi connectivity index (χ3v) is 3.44. The largest absolute Gasteiger partial charge is 0.382 e. The Morgan fingerprint density at radius 2 is 1.85 bits per heavy atom. The van der Waals surface area contributed by atoms with Gasteiger partial charge >= 0.3 is 0 Å². The lowest BCUT2D eigenvalue weighted by molar-refractivity contribution is -0.121. The van der Waals surface area contributed by atoms with E-state index in [0.29, 0.717) is 25.6 Å². The Morgan fingerprint density at radius 3 is 2.40 bits per heavy atom. The predicted molar refractivity (Wildman–Crippen MR) is 81.9 cm³/mol. The average molecular weight is 288 g/mol. The number of hydrogen-bond acceptors (Lipinski definition) is 4. The van der Waals surface area contributed by atoms with Crippen LogP contribution >= 0.6 is 0 Å². The van der Waals surface area contributed by atoms with Crippen LogP contribution in [0.1, 0.15) is 33.1 Å². The number of amides is 1. The number of piperidine rings is 1. The molecule has 5 heteroatoms. The maximum Gasteiger partial charge on any atom is 0.220 e. The molecular formula is C15H32N2O3. The molecule has 1 heterocycles. The summed E-state index contributed by atoms with van der Waals surface area (Å²) in [5.74, 6) is 0.715. The van der Waals surface area contributed by atoms with Gasteiger partial charge in [-0.1, -0.05) is 13.8 Å². The second-order valence-electron chi connectivity index (χ2n) is 4.77. The first-order valence-corrected chi connectivity index (χ1v) is 7.76. The van der Waals surface area contributed by atoms with Crippen molar-refractivity contribution in [3.63, 3.8) is 0 Å². The summed E-state index contributed by atoms with van der Waals surface area (Å²) in [4.78, 5) is 13.7. The van der Waals surface area contributed by atoms with Crippen molar-refractivity contribution in [1.82, 2.24) is 10.2 Å². The first kappa shape index (κ1) is 19.4. The molecule has 1 fully saturated rings. The van der Waals surface area contributed by atoms with E-state index in [9.17, 15) is 4.79 Å². The number of ether oxygens (including phenoxy) is 2. The molecule has 0 saturated carbocycles. The van der Waals surface area contributed by atoms with Gasteiger partial charge < -0.3 is 19.7 Å². The molecular weight excluding hydrogens is 256 g/mol. The van der Waals surface area contributed by atoms with Gasteiger partial charge in [-0.2, -0.15) is 0 Å². The topological polar surface area (TPSA) is 50.8 Å². The Bertz CT molecular complexity index is 229. The van der Waals surface area contributed by atoms with Crippen LogP contribution in [0.25, 0.3) is 0 Å². The fourth-order valence-electron chi connectivity index (χ4n) is 2.22. The zero-order valence-corrected chi connectivity index (χ0v) is 13.6. The fraction of sp³-hybridized carbons (Fsp3) is 0.933. The van der Waals surface area contributed by atoms with Gasteiger partial charge in [0.15, 0.2) is 0 Å². The summed E-state index contributed by atoms with van der Waals surface area (Å²) in [5, 5.41) is 2.69. The zero-order chi connectivity index (χ0) is 15.2. The number of likely N-dealkylation sites (tertiary alicyclic amines) is 1. The Morgan fingerprint density at radius 1 is 1.20 bits per heavy atom. The van der Waals surface area contributed by atoms with Crippen molar-refractivity contribution in [1.29, 1.82) is 0 Å². The molecule has 20 heavy (non-hydrogen) atoms. The van der Waals surface area contributed by atoms with Gasteiger partial charge in [0.05, 0.1) is 19.8 Å². The van der Waals surface area contributed by atoms with Crippen LogP contribution < -0.4 is 5.32 Å². The van der Waals surface area contributed by atoms with Crippen LogP contribution in [0.4, 0.5) is 0 Å². The molecule has 120 valence electrons. The highest BCUT2D eigenvalue weighted by Crippen LogP contribution is 2.19. The number of nitrogens with one attached hydrogen (secondary N) is 1. The summed E-state index contributed by atoms with van der Waals surface area (Å²) in [6.45, 7) is 9.24. The molecule has 0 spiro atoms. The minimum atomic E-state index is 0.163. The van der Waals surface area contributed by atoms with Crippen LogP contribution in [0.2, 0.25) is 0 Å². The summed E-state index contributed by atoms with van der Waals surface area (Å²) in [6.07, 6.45) is 2.91. The Hall–Kier alpha value is -0.650. The Balaban J connectivity index is 0.00000172. The van der Waals surface area contributed by atoms with Crippen molar-refractivity contribution in [2.24, 2.45) is 5.92 Å². The summed E-state index contributed by atoms with van der Waals surface area (Å²) in [6, 6.07) is 0. The molecule has 0 aromatic heterocycles. The van der Waals surface area contributed by atoms with Crippen LogP contribution in [0, 0.1) is 5.92 Å². The van der Waals surface area contributed by atoms with Gasteiger partial charge in [0.2, 0.25) is 5.91 Å². The maximum absolute atomic E-state index is 11.3. The van der Waals surface area contributed by atoms with Gasteiger partial charge in [-0.05, 0) is 31.8 Å². The molecule has 1 rings (SSSR count). The number of methoxy groups -OCH3 is 1. The standard InChI is InChI=1S/C13H26N2O3.C2H6/c1-14-13(16)11-12-3-5-15(6-4-12)7-8-18-10-9-17-2;1-2/h12H,3-11H2,1-2H3,(H,14,16);1-2H3. The van der Waals surface area contributed by atoms with Crippen LogP contribution in [0.3, 0.4) is 0 Å². The first-order valence-electron chi connectivity index (χ1n) is 7.76. The van der Waals surface area contributed by atoms with E-state index in [1.807, 2.05) is 13.8 Å². The number of carbonyl (C=O) groups excluding carboxylic acids is 1. The lowest BCUT2D eigenvalue weighted by Gasteiger charge is -2.31. The van der Waals surface area contributed by atoms with E-state index in [1.54, 1.807) is 14.2 Å². The average Bonchev–Trinajstić information content (AvgIpc) is 2.50. The number of nitrogens with zero attached hydrogens (tertiary/aromatic N) is 1. The highest BCUT2D eigenvalue weighted by Gasteiger charge is 2.20. The van der Waals surface area contributed by atoms with Crippen LogP contribution in [0.15, 0.2) is 0 Å². The van der Waals surface area contributed by atoms with Gasteiger partial charge in [-0.3, -0.25) is 4.79 Å².